The Balaban J connectivity index is 2.21. The first-order chi connectivity index (χ1) is 11.8. The fraction of sp³-hybridized carbons (Fsp3) is 0.294. The summed E-state index contributed by atoms with van der Waals surface area (Å²) < 4.78 is 42.9. The van der Waals surface area contributed by atoms with Crippen LogP contribution in [0.2, 0.25) is 5.02 Å². The summed E-state index contributed by atoms with van der Waals surface area (Å²) in [6.07, 6.45) is 1.27. The van der Waals surface area contributed by atoms with Gasteiger partial charge in [-0.15, -0.1) is 0 Å². The molecule has 0 spiro atoms. The van der Waals surface area contributed by atoms with Gasteiger partial charge in [0.15, 0.2) is 11.6 Å². The zero-order valence-corrected chi connectivity index (χ0v) is 14.6. The summed E-state index contributed by atoms with van der Waals surface area (Å²) in [7, 11) is 1.07. The highest BCUT2D eigenvalue weighted by molar-refractivity contribution is 6.31. The van der Waals surface area contributed by atoms with Gasteiger partial charge in [-0.2, -0.15) is 0 Å². The lowest BCUT2D eigenvalue weighted by Gasteiger charge is -2.11. The highest BCUT2D eigenvalue weighted by Gasteiger charge is 2.18. The van der Waals surface area contributed by atoms with Crippen LogP contribution < -0.4 is 9.47 Å². The van der Waals surface area contributed by atoms with Gasteiger partial charge in [-0.25, -0.2) is 18.6 Å². The molecule has 25 heavy (non-hydrogen) atoms. The van der Waals surface area contributed by atoms with Crippen LogP contribution in [-0.4, -0.2) is 24.7 Å². The Hall–Kier alpha value is -2.41. The van der Waals surface area contributed by atoms with Crippen LogP contribution in [0.25, 0.3) is 0 Å². The molecule has 0 fully saturated rings. The van der Waals surface area contributed by atoms with Crippen molar-refractivity contribution in [2.45, 2.75) is 13.8 Å². The first kappa shape index (κ1) is 18.9. The van der Waals surface area contributed by atoms with Crippen LogP contribution >= 0.6 is 11.6 Å². The third-order valence-electron chi connectivity index (χ3n) is 2.99. The predicted molar refractivity (Wildman–Crippen MR) is 87.4 cm³/mol. The highest BCUT2D eigenvalue weighted by atomic mass is 35.5. The standard InChI is InChI=1S/C17H16ClF2NO4/c1-9(2)8-24-16-12(18)4-10(7-21-16)25-15-6-13(19)11(5-14(15)20)17(22)23-3/h4-7,9H,8H2,1-3H3. The van der Waals surface area contributed by atoms with E-state index in [2.05, 4.69) is 9.72 Å². The molecular formula is C17H16ClF2NO4. The van der Waals surface area contributed by atoms with Crippen LogP contribution in [0.1, 0.15) is 24.2 Å². The van der Waals surface area contributed by atoms with Crippen molar-refractivity contribution in [3.05, 3.63) is 46.6 Å². The van der Waals surface area contributed by atoms with Crippen molar-refractivity contribution in [3.8, 4) is 17.4 Å². The predicted octanol–water partition coefficient (Wildman–Crippen LogP) is 4.63. The maximum atomic E-state index is 14.0. The number of rotatable bonds is 6. The van der Waals surface area contributed by atoms with Crippen molar-refractivity contribution in [2.75, 3.05) is 13.7 Å². The summed E-state index contributed by atoms with van der Waals surface area (Å²) >= 11 is 6.04. The molecule has 0 unspecified atom stereocenters. The number of halogens is 3. The largest absolute Gasteiger partial charge is 0.476 e. The van der Waals surface area contributed by atoms with Gasteiger partial charge in [-0.3, -0.25) is 0 Å². The minimum atomic E-state index is -0.987. The number of nitrogens with zero attached hydrogens (tertiary/aromatic N) is 1. The first-order valence-corrected chi connectivity index (χ1v) is 7.73. The summed E-state index contributed by atoms with van der Waals surface area (Å²) in [6.45, 7) is 4.38. The SMILES string of the molecule is COC(=O)c1cc(F)c(Oc2cnc(OCC(C)C)c(Cl)c2)cc1F. The van der Waals surface area contributed by atoms with Gasteiger partial charge in [0.2, 0.25) is 5.88 Å². The van der Waals surface area contributed by atoms with Crippen LogP contribution in [0.4, 0.5) is 8.78 Å². The number of carbonyl (C=O) groups is 1. The van der Waals surface area contributed by atoms with Crippen molar-refractivity contribution in [1.29, 1.82) is 0 Å². The topological polar surface area (TPSA) is 57.7 Å². The third-order valence-corrected chi connectivity index (χ3v) is 3.26. The summed E-state index contributed by atoms with van der Waals surface area (Å²) in [5.41, 5.74) is -0.527. The molecule has 0 bridgehead atoms. The number of carbonyl (C=O) groups excluding carboxylic acids is 1. The third kappa shape index (κ3) is 4.79. The number of benzene rings is 1. The van der Waals surface area contributed by atoms with E-state index in [9.17, 15) is 13.6 Å². The first-order valence-electron chi connectivity index (χ1n) is 7.35. The minimum absolute atomic E-state index is 0.0889. The molecule has 0 saturated carbocycles. The lowest BCUT2D eigenvalue weighted by atomic mass is 10.2. The smallest absolute Gasteiger partial charge is 0.340 e. The lowest BCUT2D eigenvalue weighted by Crippen LogP contribution is -2.06. The molecule has 1 heterocycles. The summed E-state index contributed by atoms with van der Waals surface area (Å²) in [5.74, 6) is -2.71. The van der Waals surface area contributed by atoms with Gasteiger partial charge in [0.05, 0.1) is 25.5 Å². The quantitative estimate of drug-likeness (QED) is 0.693. The summed E-state index contributed by atoms with van der Waals surface area (Å²) in [6, 6.07) is 2.82. The zero-order valence-electron chi connectivity index (χ0n) is 13.8. The molecule has 1 aromatic heterocycles. The van der Waals surface area contributed by atoms with E-state index in [1.807, 2.05) is 13.8 Å². The molecule has 0 radical (unpaired) electrons. The van der Waals surface area contributed by atoms with E-state index in [1.54, 1.807) is 0 Å². The molecule has 0 aliphatic heterocycles. The van der Waals surface area contributed by atoms with E-state index in [-0.39, 0.29) is 16.7 Å². The molecule has 0 N–H and O–H groups in total. The van der Waals surface area contributed by atoms with Gasteiger partial charge in [0.25, 0.3) is 0 Å². The number of ether oxygens (including phenoxy) is 3. The molecule has 134 valence electrons. The molecule has 5 nitrogen and oxygen atoms in total. The van der Waals surface area contributed by atoms with Crippen LogP contribution in [-0.2, 0) is 4.74 Å². The number of esters is 1. The average molecular weight is 372 g/mol. The molecule has 0 saturated heterocycles. The van der Waals surface area contributed by atoms with E-state index in [1.165, 1.54) is 12.3 Å². The van der Waals surface area contributed by atoms with E-state index < -0.39 is 28.9 Å². The fourth-order valence-electron chi connectivity index (χ4n) is 1.82. The molecular weight excluding hydrogens is 356 g/mol. The Morgan fingerprint density at radius 1 is 1.24 bits per heavy atom. The maximum absolute atomic E-state index is 14.0. The Labute approximate surface area is 148 Å². The number of methoxy groups -OCH3 is 1. The van der Waals surface area contributed by atoms with Gasteiger partial charge in [0.1, 0.15) is 16.6 Å². The van der Waals surface area contributed by atoms with Gasteiger partial charge in [0, 0.05) is 12.1 Å². The van der Waals surface area contributed by atoms with Crippen molar-refractivity contribution in [3.63, 3.8) is 0 Å². The minimum Gasteiger partial charge on any atom is -0.476 e. The maximum Gasteiger partial charge on any atom is 0.340 e. The normalized spacial score (nSPS) is 10.7. The van der Waals surface area contributed by atoms with Crippen molar-refractivity contribution < 1.29 is 27.8 Å². The Kier molecular flexibility index (Phi) is 6.14. The van der Waals surface area contributed by atoms with Crippen molar-refractivity contribution in [1.82, 2.24) is 4.98 Å². The second kappa shape index (κ2) is 8.11. The van der Waals surface area contributed by atoms with E-state index in [0.717, 1.165) is 13.2 Å². The monoisotopic (exact) mass is 371 g/mol. The zero-order chi connectivity index (χ0) is 18.6. The number of hydrogen-bond donors (Lipinski definition) is 0. The number of pyridine rings is 1. The van der Waals surface area contributed by atoms with Crippen molar-refractivity contribution >= 4 is 17.6 Å². The Morgan fingerprint density at radius 2 is 1.96 bits per heavy atom. The molecule has 2 rings (SSSR count). The fourth-order valence-corrected chi connectivity index (χ4v) is 2.03. The van der Waals surface area contributed by atoms with Gasteiger partial charge in [-0.1, -0.05) is 25.4 Å². The number of hydrogen-bond acceptors (Lipinski definition) is 5. The number of aromatic nitrogens is 1. The van der Waals surface area contributed by atoms with E-state index in [0.29, 0.717) is 18.6 Å². The highest BCUT2D eigenvalue weighted by Crippen LogP contribution is 2.31. The van der Waals surface area contributed by atoms with E-state index >= 15 is 0 Å². The van der Waals surface area contributed by atoms with Gasteiger partial charge in [-0.05, 0) is 12.0 Å². The van der Waals surface area contributed by atoms with Gasteiger partial charge >= 0.3 is 5.97 Å². The molecule has 0 aliphatic rings. The van der Waals surface area contributed by atoms with Gasteiger partial charge < -0.3 is 14.2 Å². The summed E-state index contributed by atoms with van der Waals surface area (Å²) in [5, 5.41) is 0.171. The van der Waals surface area contributed by atoms with Crippen molar-refractivity contribution in [2.24, 2.45) is 5.92 Å². The second-order valence-electron chi connectivity index (χ2n) is 5.52. The second-order valence-corrected chi connectivity index (χ2v) is 5.93. The van der Waals surface area contributed by atoms with Crippen LogP contribution in [0.15, 0.2) is 24.4 Å². The molecule has 1 aromatic carbocycles. The molecule has 0 atom stereocenters. The Morgan fingerprint density at radius 3 is 2.56 bits per heavy atom. The lowest BCUT2D eigenvalue weighted by molar-refractivity contribution is 0.0595. The molecule has 2 aromatic rings. The van der Waals surface area contributed by atoms with E-state index in [4.69, 9.17) is 21.1 Å². The van der Waals surface area contributed by atoms with Crippen LogP contribution in [0, 0.1) is 17.6 Å². The Bertz CT molecular complexity index is 783. The van der Waals surface area contributed by atoms with Crippen LogP contribution in [0.3, 0.4) is 0 Å². The summed E-state index contributed by atoms with van der Waals surface area (Å²) in [4.78, 5) is 15.3. The molecule has 0 aliphatic carbocycles. The van der Waals surface area contributed by atoms with Crippen LogP contribution in [0.5, 0.6) is 17.4 Å². The average Bonchev–Trinajstić information content (AvgIpc) is 2.56. The molecule has 0 amide bonds. The molecule has 8 heteroatoms.